The van der Waals surface area contributed by atoms with Gasteiger partial charge in [0.2, 0.25) is 0 Å². The summed E-state index contributed by atoms with van der Waals surface area (Å²) < 4.78 is 6.52. The van der Waals surface area contributed by atoms with Gasteiger partial charge in [0.25, 0.3) is 0 Å². The highest BCUT2D eigenvalue weighted by molar-refractivity contribution is 9.10. The molecule has 1 aliphatic heterocycles. The van der Waals surface area contributed by atoms with Crippen molar-refractivity contribution >= 4 is 21.6 Å². The summed E-state index contributed by atoms with van der Waals surface area (Å²) >= 11 is 3.53. The Morgan fingerprint density at radius 2 is 2.32 bits per heavy atom. The lowest BCUT2D eigenvalue weighted by Crippen LogP contribution is -2.53. The van der Waals surface area contributed by atoms with Crippen LogP contribution in [0.25, 0.3) is 0 Å². The number of hydrogen-bond donors (Lipinski definition) is 1. The topological polar surface area (TPSA) is 27.7 Å². The monoisotopic (exact) mass is 327 g/mol. The van der Waals surface area contributed by atoms with Crippen molar-refractivity contribution < 1.29 is 4.74 Å². The second-order valence-electron chi connectivity index (χ2n) is 5.04. The number of nitrogens with one attached hydrogen (secondary N) is 1. The second kappa shape index (κ2) is 6.59. The number of nitrogens with zero attached hydrogens (tertiary/aromatic N) is 2. The van der Waals surface area contributed by atoms with E-state index < -0.39 is 0 Å². The molecule has 1 saturated heterocycles. The molecule has 1 atom stereocenters. The predicted octanol–water partition coefficient (Wildman–Crippen LogP) is 1.80. The molecule has 0 amide bonds. The molecular formula is C14H22BrN3O. The van der Waals surface area contributed by atoms with Crippen LogP contribution in [-0.2, 0) is 0 Å². The molecule has 5 heteroatoms. The summed E-state index contributed by atoms with van der Waals surface area (Å²) in [6, 6.07) is 6.64. The van der Waals surface area contributed by atoms with E-state index >= 15 is 0 Å². The molecule has 1 aliphatic rings. The van der Waals surface area contributed by atoms with E-state index in [4.69, 9.17) is 4.74 Å². The van der Waals surface area contributed by atoms with Gasteiger partial charge in [0, 0.05) is 43.7 Å². The fourth-order valence-electron chi connectivity index (χ4n) is 2.44. The van der Waals surface area contributed by atoms with E-state index in [1.165, 1.54) is 0 Å². The van der Waals surface area contributed by atoms with Crippen LogP contribution in [0.1, 0.15) is 0 Å². The van der Waals surface area contributed by atoms with Gasteiger partial charge in [-0.15, -0.1) is 0 Å². The summed E-state index contributed by atoms with van der Waals surface area (Å²) in [5.41, 5.74) is 1.12. The number of hydrogen-bond acceptors (Lipinski definition) is 4. The van der Waals surface area contributed by atoms with E-state index in [-0.39, 0.29) is 0 Å². The Labute approximate surface area is 123 Å². The standard InChI is InChI=1S/C14H22BrN3O/c1-17-7-6-16-9-12(17)10-18(2)13-8-11(15)4-5-14(13)19-3/h4-5,8,12,16H,6-7,9-10H2,1-3H3. The maximum Gasteiger partial charge on any atom is 0.142 e. The minimum absolute atomic E-state index is 0.530. The zero-order valence-electron chi connectivity index (χ0n) is 11.8. The van der Waals surface area contributed by atoms with E-state index in [1.807, 2.05) is 12.1 Å². The third-order valence-corrected chi connectivity index (χ3v) is 4.17. The minimum Gasteiger partial charge on any atom is -0.495 e. The van der Waals surface area contributed by atoms with Crippen molar-refractivity contribution in [1.82, 2.24) is 10.2 Å². The van der Waals surface area contributed by atoms with E-state index in [9.17, 15) is 0 Å². The highest BCUT2D eigenvalue weighted by Gasteiger charge is 2.21. The molecule has 0 aromatic heterocycles. The number of benzene rings is 1. The van der Waals surface area contributed by atoms with Gasteiger partial charge in [-0.05, 0) is 25.2 Å². The van der Waals surface area contributed by atoms with Gasteiger partial charge in [-0.25, -0.2) is 0 Å². The molecule has 0 radical (unpaired) electrons. The molecule has 0 spiro atoms. The van der Waals surface area contributed by atoms with Gasteiger partial charge < -0.3 is 15.0 Å². The molecule has 1 N–H and O–H groups in total. The van der Waals surface area contributed by atoms with Crippen molar-refractivity contribution in [3.8, 4) is 5.75 Å². The first-order chi connectivity index (χ1) is 9.11. The largest absolute Gasteiger partial charge is 0.495 e. The summed E-state index contributed by atoms with van der Waals surface area (Å²) in [5, 5.41) is 3.45. The van der Waals surface area contributed by atoms with Crippen molar-refractivity contribution in [3.63, 3.8) is 0 Å². The molecule has 1 unspecified atom stereocenters. The van der Waals surface area contributed by atoms with E-state index in [1.54, 1.807) is 7.11 Å². The molecule has 19 heavy (non-hydrogen) atoms. The average Bonchev–Trinajstić information content (AvgIpc) is 2.41. The smallest absolute Gasteiger partial charge is 0.142 e. The van der Waals surface area contributed by atoms with Crippen LogP contribution in [0, 0.1) is 0 Å². The molecular weight excluding hydrogens is 306 g/mol. The Balaban J connectivity index is 2.10. The van der Waals surface area contributed by atoms with Crippen LogP contribution in [-0.4, -0.2) is 58.3 Å². The van der Waals surface area contributed by atoms with Gasteiger partial charge in [-0.2, -0.15) is 0 Å². The van der Waals surface area contributed by atoms with Crippen LogP contribution < -0.4 is 15.0 Å². The van der Waals surface area contributed by atoms with Gasteiger partial charge in [-0.3, -0.25) is 4.90 Å². The zero-order valence-corrected chi connectivity index (χ0v) is 13.4. The number of halogens is 1. The van der Waals surface area contributed by atoms with Gasteiger partial charge in [0.15, 0.2) is 0 Å². The number of rotatable bonds is 4. The van der Waals surface area contributed by atoms with Gasteiger partial charge in [0.1, 0.15) is 5.75 Å². The molecule has 1 aromatic carbocycles. The SMILES string of the molecule is COc1ccc(Br)cc1N(C)CC1CNCCN1C. The summed E-state index contributed by atoms with van der Waals surface area (Å²) in [6.45, 7) is 4.21. The van der Waals surface area contributed by atoms with Gasteiger partial charge >= 0.3 is 0 Å². The van der Waals surface area contributed by atoms with Gasteiger partial charge in [-0.1, -0.05) is 15.9 Å². The lowest BCUT2D eigenvalue weighted by molar-refractivity contribution is 0.204. The van der Waals surface area contributed by atoms with Crippen LogP contribution in [0.4, 0.5) is 5.69 Å². The molecule has 1 aromatic rings. The number of piperazine rings is 1. The van der Waals surface area contributed by atoms with Crippen LogP contribution in [0.15, 0.2) is 22.7 Å². The molecule has 106 valence electrons. The highest BCUT2D eigenvalue weighted by Crippen LogP contribution is 2.30. The van der Waals surface area contributed by atoms with Crippen molar-refractivity contribution in [3.05, 3.63) is 22.7 Å². The maximum atomic E-state index is 5.45. The summed E-state index contributed by atoms with van der Waals surface area (Å²) in [6.07, 6.45) is 0. The third-order valence-electron chi connectivity index (χ3n) is 3.68. The molecule has 1 heterocycles. The second-order valence-corrected chi connectivity index (χ2v) is 5.95. The number of ether oxygens (including phenoxy) is 1. The summed E-state index contributed by atoms with van der Waals surface area (Å²) in [4.78, 5) is 4.68. The summed E-state index contributed by atoms with van der Waals surface area (Å²) in [7, 11) is 6.03. The molecule has 1 fully saturated rings. The normalized spacial score (nSPS) is 20.3. The van der Waals surface area contributed by atoms with E-state index in [0.717, 1.165) is 42.1 Å². The van der Waals surface area contributed by atoms with E-state index in [2.05, 4.69) is 51.2 Å². The van der Waals surface area contributed by atoms with Gasteiger partial charge in [0.05, 0.1) is 12.8 Å². The highest BCUT2D eigenvalue weighted by atomic mass is 79.9. The Morgan fingerprint density at radius 1 is 1.53 bits per heavy atom. The first-order valence-electron chi connectivity index (χ1n) is 6.57. The molecule has 0 saturated carbocycles. The molecule has 4 nitrogen and oxygen atoms in total. The van der Waals surface area contributed by atoms with Crippen molar-refractivity contribution in [2.75, 3.05) is 52.3 Å². The fourth-order valence-corrected chi connectivity index (χ4v) is 2.79. The lowest BCUT2D eigenvalue weighted by atomic mass is 10.2. The zero-order chi connectivity index (χ0) is 13.8. The average molecular weight is 328 g/mol. The molecule has 0 bridgehead atoms. The van der Waals surface area contributed by atoms with Crippen molar-refractivity contribution in [1.29, 1.82) is 0 Å². The van der Waals surface area contributed by atoms with Crippen molar-refractivity contribution in [2.45, 2.75) is 6.04 Å². The van der Waals surface area contributed by atoms with Crippen molar-refractivity contribution in [2.24, 2.45) is 0 Å². The lowest BCUT2D eigenvalue weighted by Gasteiger charge is -2.36. The van der Waals surface area contributed by atoms with E-state index in [0.29, 0.717) is 6.04 Å². The predicted molar refractivity (Wildman–Crippen MR) is 83.3 cm³/mol. The number of methoxy groups -OCH3 is 1. The Kier molecular flexibility index (Phi) is 5.07. The van der Waals surface area contributed by atoms with Crippen LogP contribution in [0.5, 0.6) is 5.75 Å². The first kappa shape index (κ1) is 14.6. The number of likely N-dealkylation sites (N-methyl/N-ethyl adjacent to an activating group) is 2. The van der Waals surface area contributed by atoms with Crippen LogP contribution in [0.2, 0.25) is 0 Å². The Bertz CT molecular complexity index is 427. The van der Waals surface area contributed by atoms with Crippen LogP contribution in [0.3, 0.4) is 0 Å². The van der Waals surface area contributed by atoms with Crippen LogP contribution >= 0.6 is 15.9 Å². The minimum atomic E-state index is 0.530. The Morgan fingerprint density at radius 3 is 3.00 bits per heavy atom. The molecule has 2 rings (SSSR count). The Hall–Kier alpha value is -0.780. The number of anilines is 1. The maximum absolute atomic E-state index is 5.45. The first-order valence-corrected chi connectivity index (χ1v) is 7.36. The summed E-state index contributed by atoms with van der Waals surface area (Å²) in [5.74, 6) is 0.914. The third kappa shape index (κ3) is 3.61. The quantitative estimate of drug-likeness (QED) is 0.912. The fraction of sp³-hybridized carbons (Fsp3) is 0.571. The molecule has 0 aliphatic carbocycles.